The third-order valence-electron chi connectivity index (χ3n) is 25.4. The van der Waals surface area contributed by atoms with Crippen molar-refractivity contribution in [3.8, 4) is 46.0 Å². The van der Waals surface area contributed by atoms with Gasteiger partial charge in [-0.1, -0.05) is 48.6 Å². The van der Waals surface area contributed by atoms with E-state index in [-0.39, 0.29) is 70.3 Å². The van der Waals surface area contributed by atoms with Crippen LogP contribution in [0.1, 0.15) is 70.2 Å². The van der Waals surface area contributed by atoms with Crippen LogP contribution in [-0.2, 0) is 66.5 Å². The van der Waals surface area contributed by atoms with Crippen molar-refractivity contribution >= 4 is 23.1 Å². The van der Waals surface area contributed by atoms with E-state index in [4.69, 9.17) is 18.9 Å². The molecule has 0 aromatic heterocycles. The first-order valence-electron chi connectivity index (χ1n) is 33.4. The van der Waals surface area contributed by atoms with Crippen LogP contribution in [-0.4, -0.2) is 207 Å². The zero-order valence-electron chi connectivity index (χ0n) is 52.9. The number of benzene rings is 4. The molecule has 4 aromatic rings. The lowest BCUT2D eigenvalue weighted by atomic mass is 9.51. The number of hydrogen-bond acceptors (Lipinski definition) is 20. The number of hydrogen-bond donors (Lipinski definition) is 8. The van der Waals surface area contributed by atoms with Crippen molar-refractivity contribution < 1.29 is 79.0 Å². The van der Waals surface area contributed by atoms with E-state index in [1.165, 1.54) is 24.3 Å². The predicted octanol–water partition coefficient (Wildman–Crippen LogP) is 4.31. The lowest BCUT2D eigenvalue weighted by Gasteiger charge is -2.60. The number of rotatable bonds is 8. The molecule has 96 heavy (non-hydrogen) atoms. The molecule has 8 N–H and O–H groups in total. The molecule has 16 atom stereocenters. The van der Waals surface area contributed by atoms with Gasteiger partial charge in [-0.05, 0) is 146 Å². The van der Waals surface area contributed by atoms with Crippen LogP contribution in [0.4, 0.5) is 0 Å². The molecule has 20 heteroatoms. The van der Waals surface area contributed by atoms with Crippen LogP contribution in [0.5, 0.6) is 46.0 Å². The summed E-state index contributed by atoms with van der Waals surface area (Å²) in [4.78, 5) is 59.1. The highest BCUT2D eigenvalue weighted by molar-refractivity contribution is 6.01. The fourth-order valence-electron chi connectivity index (χ4n) is 21.6. The maximum absolute atomic E-state index is 12.5. The fourth-order valence-corrected chi connectivity index (χ4v) is 21.6. The van der Waals surface area contributed by atoms with Crippen LogP contribution >= 0.6 is 0 Å². The first-order valence-corrected chi connectivity index (χ1v) is 33.4. The van der Waals surface area contributed by atoms with Gasteiger partial charge < -0.3 is 59.8 Å². The van der Waals surface area contributed by atoms with E-state index in [1.807, 2.05) is 48.6 Å². The van der Waals surface area contributed by atoms with E-state index in [9.17, 15) is 60.0 Å². The molecule has 8 aliphatic carbocycles. The molecule has 4 aromatic carbocycles. The molecule has 8 bridgehead atoms. The Bertz CT molecular complexity index is 3810. The average Bonchev–Trinajstić information content (AvgIpc) is 1.44. The topological polar surface area (TPSA) is 280 Å². The van der Waals surface area contributed by atoms with Crippen LogP contribution in [0.2, 0.25) is 0 Å². The summed E-state index contributed by atoms with van der Waals surface area (Å²) >= 11 is 0. The van der Waals surface area contributed by atoms with Crippen molar-refractivity contribution in [3.05, 3.63) is 192 Å². The zero-order chi connectivity index (χ0) is 66.8. The maximum Gasteiger partial charge on any atom is 0.196 e. The van der Waals surface area contributed by atoms with Gasteiger partial charge in [0, 0.05) is 98.8 Å². The summed E-state index contributed by atoms with van der Waals surface area (Å²) in [5.41, 5.74) is -0.386. The van der Waals surface area contributed by atoms with Crippen LogP contribution in [0.25, 0.3) is 0 Å². The molecule has 0 radical (unpaired) electrons. The second-order valence-electron chi connectivity index (χ2n) is 28.9. The quantitative estimate of drug-likeness (QED) is 0.114. The van der Waals surface area contributed by atoms with E-state index in [0.717, 1.165) is 70.7 Å². The highest BCUT2D eigenvalue weighted by Crippen LogP contribution is 2.68. The second kappa shape index (κ2) is 20.6. The molecule has 496 valence electrons. The van der Waals surface area contributed by atoms with Gasteiger partial charge in [0.25, 0.3) is 0 Å². The molecule has 0 saturated carbocycles. The summed E-state index contributed by atoms with van der Waals surface area (Å²) in [5, 5.41) is 88.0. The molecule has 8 aliphatic heterocycles. The second-order valence-corrected chi connectivity index (χ2v) is 28.9. The standard InChI is InChI=1S/4C19H19NO4/c4*1-2-8-20-9-7-18-15-11-3-4-12(21)16(15)24-17(18)13(22)5-6-19(18,23)14(20)10-11/h4*2-6,14,17,21,23H,1,7-10H2/t4*14-,17+,18+,19-/m1111/s1. The number of piperidine rings is 4. The number of aromatic hydroxyl groups is 4. The van der Waals surface area contributed by atoms with E-state index in [1.54, 1.807) is 48.6 Å². The van der Waals surface area contributed by atoms with Gasteiger partial charge in [0.2, 0.25) is 0 Å². The number of likely N-dealkylation sites (tertiary alicyclic amines) is 4. The molecular formula is C76H76N4O16. The number of ether oxygens (including phenoxy) is 4. The minimum Gasteiger partial charge on any atom is -0.504 e. The summed E-state index contributed by atoms with van der Waals surface area (Å²) in [7, 11) is 0. The number of carbonyl (C=O) groups is 4. The first-order chi connectivity index (χ1) is 46.1. The fraction of sp³-hybridized carbons (Fsp3) is 0.421. The number of aliphatic hydroxyl groups is 4. The minimum atomic E-state index is -1.18. The molecule has 0 amide bonds. The summed E-state index contributed by atoms with van der Waals surface area (Å²) < 4.78 is 23.7. The van der Waals surface area contributed by atoms with Gasteiger partial charge in [0.15, 0.2) is 93.5 Å². The smallest absolute Gasteiger partial charge is 0.196 e. The normalized spacial score (nSPS) is 38.6. The molecule has 8 heterocycles. The van der Waals surface area contributed by atoms with Crippen molar-refractivity contribution in [2.24, 2.45) is 0 Å². The van der Waals surface area contributed by atoms with Crippen LogP contribution in [0, 0.1) is 0 Å². The Kier molecular flexibility index (Phi) is 13.1. The molecule has 20 nitrogen and oxygen atoms in total. The van der Waals surface area contributed by atoms with Crippen LogP contribution in [0.15, 0.2) is 148 Å². The van der Waals surface area contributed by atoms with Gasteiger partial charge in [-0.2, -0.15) is 0 Å². The third kappa shape index (κ3) is 7.20. The summed E-state index contributed by atoms with van der Waals surface area (Å²) in [6.07, 6.45) is 21.8. The highest BCUT2D eigenvalue weighted by atomic mass is 16.5. The highest BCUT2D eigenvalue weighted by Gasteiger charge is 2.76. The molecule has 20 rings (SSSR count). The monoisotopic (exact) mass is 1300 g/mol. The summed E-state index contributed by atoms with van der Waals surface area (Å²) in [6, 6.07) is 13.5. The van der Waals surface area contributed by atoms with E-state index in [2.05, 4.69) is 45.9 Å². The molecule has 16 aliphatic rings. The minimum absolute atomic E-state index is 0.0413. The molecular weight excluding hydrogens is 1220 g/mol. The maximum atomic E-state index is 12.5. The van der Waals surface area contributed by atoms with Crippen molar-refractivity contribution in [2.45, 2.75) is 144 Å². The largest absolute Gasteiger partial charge is 0.504 e. The molecule has 4 fully saturated rings. The van der Waals surface area contributed by atoms with Gasteiger partial charge in [-0.3, -0.25) is 38.8 Å². The lowest BCUT2D eigenvalue weighted by molar-refractivity contribution is -0.153. The number of phenolic OH excluding ortho intramolecular Hbond substituents is 4. The van der Waals surface area contributed by atoms with E-state index in [0.29, 0.717) is 101 Å². The van der Waals surface area contributed by atoms with Crippen LogP contribution in [0.3, 0.4) is 0 Å². The predicted molar refractivity (Wildman–Crippen MR) is 349 cm³/mol. The van der Waals surface area contributed by atoms with Gasteiger partial charge in [-0.25, -0.2) is 0 Å². The summed E-state index contributed by atoms with van der Waals surface area (Å²) in [6.45, 7) is 21.1. The Morgan fingerprint density at radius 3 is 0.771 bits per heavy atom. The van der Waals surface area contributed by atoms with Crippen LogP contribution < -0.4 is 18.9 Å². The van der Waals surface area contributed by atoms with Gasteiger partial charge >= 0.3 is 0 Å². The number of carbonyl (C=O) groups excluding carboxylic acids is 4. The Morgan fingerprint density at radius 1 is 0.365 bits per heavy atom. The molecule has 4 spiro atoms. The van der Waals surface area contributed by atoms with Crippen molar-refractivity contribution in [1.82, 2.24) is 19.6 Å². The third-order valence-corrected chi connectivity index (χ3v) is 25.4. The number of nitrogens with zero attached hydrogens (tertiary/aromatic N) is 4. The number of phenols is 4. The first kappa shape index (κ1) is 61.2. The Morgan fingerprint density at radius 2 is 0.573 bits per heavy atom. The number of ketones is 4. The van der Waals surface area contributed by atoms with Crippen molar-refractivity contribution in [3.63, 3.8) is 0 Å². The SMILES string of the molecule is C=CCN1CC[C@]23c4c5ccc(O)c4O[C@H]2C(=O)C=C[C@@]3(O)[C@H]1C5.C=CCN1CC[C@]23c4c5ccc(O)c4O[C@H]2C(=O)C=C[C@@]3(O)[C@H]1C5.C=CCN1CC[C@]23c4c5ccc(O)c4O[C@H]2C(=O)C=C[C@@]3(O)[C@H]1C5.C=CCN1CC[C@]23c4c5ccc(O)c4O[C@H]2C(=O)C=C[C@@]3(O)[C@H]1C5. The lowest BCUT2D eigenvalue weighted by Crippen LogP contribution is -2.75. The average molecular weight is 1300 g/mol. The molecule has 4 saturated heterocycles. The molecule has 0 unspecified atom stereocenters. The van der Waals surface area contributed by atoms with E-state index >= 15 is 0 Å². The Balaban J connectivity index is 0.0000000968. The van der Waals surface area contributed by atoms with Crippen molar-refractivity contribution in [1.29, 1.82) is 0 Å². The van der Waals surface area contributed by atoms with E-state index < -0.39 is 68.5 Å². The van der Waals surface area contributed by atoms with Gasteiger partial charge in [0.1, 0.15) is 22.4 Å². The zero-order valence-corrected chi connectivity index (χ0v) is 52.9. The Labute approximate surface area is 553 Å². The Hall–Kier alpha value is -8.44. The van der Waals surface area contributed by atoms with Gasteiger partial charge in [0.05, 0.1) is 21.7 Å². The van der Waals surface area contributed by atoms with Crippen molar-refractivity contribution in [2.75, 3.05) is 52.4 Å². The summed E-state index contributed by atoms with van der Waals surface area (Å²) in [5.74, 6) is 1.12. The van der Waals surface area contributed by atoms with Gasteiger partial charge in [-0.15, -0.1) is 26.3 Å².